The molecule has 0 unspecified atom stereocenters. The van der Waals surface area contributed by atoms with Crippen LogP contribution in [0.2, 0.25) is 0 Å². The van der Waals surface area contributed by atoms with E-state index in [9.17, 15) is 19.2 Å². The molecule has 12 nitrogen and oxygen atoms in total. The van der Waals surface area contributed by atoms with Gasteiger partial charge in [0.2, 0.25) is 0 Å². The van der Waals surface area contributed by atoms with E-state index in [2.05, 4.69) is 26.3 Å². The lowest BCUT2D eigenvalue weighted by molar-refractivity contribution is -0.134. The van der Waals surface area contributed by atoms with Crippen LogP contribution in [-0.2, 0) is 38.1 Å². The van der Waals surface area contributed by atoms with Gasteiger partial charge in [0.1, 0.15) is 50.1 Å². The summed E-state index contributed by atoms with van der Waals surface area (Å²) in [5.74, 6) is -2.06. The minimum absolute atomic E-state index is 0.142. The zero-order chi connectivity index (χ0) is 34.2. The summed E-state index contributed by atoms with van der Waals surface area (Å²) in [6.45, 7) is 19.9. The SMILES string of the molecule is C=C(C)C(=O)OC=COc1cc2cc(OC=COC(=O)C(=C)C)c(OC=COC(=O)C(=C)C)cc2cc1OC=COC(=O)C(=C)C. The van der Waals surface area contributed by atoms with Gasteiger partial charge in [-0.15, -0.1) is 0 Å². The predicted molar refractivity (Wildman–Crippen MR) is 167 cm³/mol. The molecule has 0 saturated carbocycles. The van der Waals surface area contributed by atoms with Crippen molar-refractivity contribution in [2.24, 2.45) is 0 Å². The Morgan fingerprint density at radius 3 is 0.783 bits per heavy atom. The van der Waals surface area contributed by atoms with Crippen LogP contribution in [0, 0.1) is 0 Å². The molecule has 240 valence electrons. The van der Waals surface area contributed by atoms with Crippen molar-refractivity contribution in [1.29, 1.82) is 0 Å². The topological polar surface area (TPSA) is 142 Å². The number of benzene rings is 2. The maximum absolute atomic E-state index is 11.7. The maximum atomic E-state index is 11.7. The smallest absolute Gasteiger partial charge is 0.338 e. The van der Waals surface area contributed by atoms with Gasteiger partial charge in [-0.05, 0) is 62.7 Å². The Morgan fingerprint density at radius 2 is 0.609 bits per heavy atom. The minimum Gasteiger partial charge on any atom is -0.458 e. The van der Waals surface area contributed by atoms with Crippen molar-refractivity contribution in [3.05, 3.63) is 123 Å². The Labute approximate surface area is 265 Å². The molecule has 0 aliphatic carbocycles. The fourth-order valence-electron chi connectivity index (χ4n) is 2.80. The third kappa shape index (κ3) is 11.8. The van der Waals surface area contributed by atoms with Crippen LogP contribution in [0.3, 0.4) is 0 Å². The number of carbonyl (C=O) groups excluding carboxylic acids is 4. The van der Waals surface area contributed by atoms with Crippen LogP contribution < -0.4 is 18.9 Å². The average Bonchev–Trinajstić information content (AvgIpc) is 3.00. The van der Waals surface area contributed by atoms with E-state index in [4.69, 9.17) is 37.9 Å². The van der Waals surface area contributed by atoms with Crippen molar-refractivity contribution in [2.45, 2.75) is 27.7 Å². The second-order valence-electron chi connectivity index (χ2n) is 9.25. The highest BCUT2D eigenvalue weighted by Crippen LogP contribution is 2.39. The second-order valence-corrected chi connectivity index (χ2v) is 9.25. The van der Waals surface area contributed by atoms with E-state index in [1.54, 1.807) is 24.3 Å². The van der Waals surface area contributed by atoms with Crippen molar-refractivity contribution < 1.29 is 57.1 Å². The largest absolute Gasteiger partial charge is 0.458 e. The number of esters is 4. The number of rotatable bonds is 16. The van der Waals surface area contributed by atoms with Crippen LogP contribution in [0.5, 0.6) is 23.0 Å². The molecule has 0 aromatic heterocycles. The first-order valence-corrected chi connectivity index (χ1v) is 13.1. The zero-order valence-electron chi connectivity index (χ0n) is 25.7. The molecule has 0 radical (unpaired) electrons. The highest BCUT2D eigenvalue weighted by molar-refractivity contribution is 5.90. The summed E-state index contributed by atoms with van der Waals surface area (Å²) in [5, 5.41) is 1.08. The Balaban J connectivity index is 2.51. The van der Waals surface area contributed by atoms with Gasteiger partial charge in [-0.3, -0.25) is 0 Å². The number of ether oxygens (including phenoxy) is 8. The molecule has 0 fully saturated rings. The highest BCUT2D eigenvalue weighted by Gasteiger charge is 2.13. The van der Waals surface area contributed by atoms with E-state index in [0.29, 0.717) is 10.8 Å². The third-order valence-electron chi connectivity index (χ3n) is 5.06. The molecular weight excluding hydrogens is 600 g/mol. The predicted octanol–water partition coefficient (Wildman–Crippen LogP) is 6.72. The molecule has 0 spiro atoms. The van der Waals surface area contributed by atoms with Gasteiger partial charge in [0.25, 0.3) is 0 Å². The van der Waals surface area contributed by atoms with Crippen LogP contribution >= 0.6 is 0 Å². The Kier molecular flexibility index (Phi) is 13.8. The molecule has 2 rings (SSSR count). The summed E-state index contributed by atoms with van der Waals surface area (Å²) < 4.78 is 42.2. The van der Waals surface area contributed by atoms with Crippen LogP contribution in [0.1, 0.15) is 27.7 Å². The summed E-state index contributed by atoms with van der Waals surface area (Å²) in [6, 6.07) is 6.26. The molecular formula is C34H32O12. The van der Waals surface area contributed by atoms with Gasteiger partial charge in [-0.1, -0.05) is 26.3 Å². The van der Waals surface area contributed by atoms with Crippen LogP contribution in [0.25, 0.3) is 10.8 Å². The monoisotopic (exact) mass is 632 g/mol. The van der Waals surface area contributed by atoms with Crippen LogP contribution in [-0.4, -0.2) is 23.9 Å². The van der Waals surface area contributed by atoms with Crippen molar-refractivity contribution in [3.63, 3.8) is 0 Å². The summed E-state index contributed by atoms with van der Waals surface area (Å²) in [4.78, 5) is 46.7. The normalized spacial score (nSPS) is 11.0. The van der Waals surface area contributed by atoms with Crippen molar-refractivity contribution in [1.82, 2.24) is 0 Å². The molecule has 0 heterocycles. The number of carbonyl (C=O) groups is 4. The summed E-state index contributed by atoms with van der Waals surface area (Å²) in [7, 11) is 0. The fourth-order valence-corrected chi connectivity index (χ4v) is 2.80. The lowest BCUT2D eigenvalue weighted by Crippen LogP contribution is -2.00. The molecule has 0 N–H and O–H groups in total. The number of fused-ring (bicyclic) bond motifs is 1. The second kappa shape index (κ2) is 17.7. The zero-order valence-corrected chi connectivity index (χ0v) is 25.7. The molecule has 0 amide bonds. The lowest BCUT2D eigenvalue weighted by Gasteiger charge is -2.13. The van der Waals surface area contributed by atoms with E-state index >= 15 is 0 Å². The van der Waals surface area contributed by atoms with Crippen molar-refractivity contribution in [2.75, 3.05) is 0 Å². The molecule has 12 heteroatoms. The van der Waals surface area contributed by atoms with Gasteiger partial charge in [-0.25, -0.2) is 19.2 Å². The Hall–Kier alpha value is -6.30. The lowest BCUT2D eigenvalue weighted by atomic mass is 10.1. The maximum Gasteiger partial charge on any atom is 0.338 e. The highest BCUT2D eigenvalue weighted by atomic mass is 16.6. The van der Waals surface area contributed by atoms with Gasteiger partial charge in [0.15, 0.2) is 23.0 Å². The summed E-state index contributed by atoms with van der Waals surface area (Å²) in [5.41, 5.74) is 0.747. The van der Waals surface area contributed by atoms with Gasteiger partial charge < -0.3 is 37.9 Å². The molecule has 2 aromatic rings. The van der Waals surface area contributed by atoms with Crippen LogP contribution in [0.15, 0.2) is 123 Å². The van der Waals surface area contributed by atoms with Gasteiger partial charge >= 0.3 is 23.9 Å². The van der Waals surface area contributed by atoms with E-state index in [0.717, 1.165) is 50.1 Å². The first-order valence-electron chi connectivity index (χ1n) is 13.1. The van der Waals surface area contributed by atoms with Crippen molar-refractivity contribution >= 4 is 34.6 Å². The fraction of sp³-hybridized carbons (Fsp3) is 0.118. The molecule has 0 bridgehead atoms. The van der Waals surface area contributed by atoms with E-state index < -0.39 is 23.9 Å². The molecule has 0 atom stereocenters. The van der Waals surface area contributed by atoms with E-state index in [1.807, 2.05) is 0 Å². The number of hydrogen-bond acceptors (Lipinski definition) is 12. The first-order chi connectivity index (χ1) is 21.8. The molecule has 0 aliphatic heterocycles. The molecule has 2 aromatic carbocycles. The molecule has 0 saturated heterocycles. The Bertz CT molecular complexity index is 1430. The number of hydrogen-bond donors (Lipinski definition) is 0. The average molecular weight is 633 g/mol. The quantitative estimate of drug-likeness (QED) is 0.0839. The summed E-state index contributed by atoms with van der Waals surface area (Å²) >= 11 is 0. The van der Waals surface area contributed by atoms with Gasteiger partial charge in [-0.2, -0.15) is 0 Å². The summed E-state index contributed by atoms with van der Waals surface area (Å²) in [6.07, 6.45) is 8.48. The standard InChI is InChI=1S/C34H32O12/c1-21(2)31(35)43-13-9-39-27-17-25-19-29(41-11-15-45-33(37)23(5)6)30(42-12-16-46-34(38)24(7)8)20-26(25)18-28(27)40-10-14-44-32(36)22(3)4/h9-20H,1,3,5,7H2,2,4,6,8H3. The molecule has 46 heavy (non-hydrogen) atoms. The third-order valence-corrected chi connectivity index (χ3v) is 5.06. The van der Waals surface area contributed by atoms with E-state index in [1.165, 1.54) is 27.7 Å². The van der Waals surface area contributed by atoms with Crippen LogP contribution in [0.4, 0.5) is 0 Å². The van der Waals surface area contributed by atoms with E-state index in [-0.39, 0.29) is 45.3 Å². The first kappa shape index (κ1) is 35.9. The molecule has 0 aliphatic rings. The van der Waals surface area contributed by atoms with Crippen molar-refractivity contribution in [3.8, 4) is 23.0 Å². The van der Waals surface area contributed by atoms with Gasteiger partial charge in [0, 0.05) is 22.3 Å². The van der Waals surface area contributed by atoms with Gasteiger partial charge in [0.05, 0.1) is 0 Å². The minimum atomic E-state index is -0.656. The Morgan fingerprint density at radius 1 is 0.413 bits per heavy atom.